The molecule has 1 saturated carbocycles. The number of aryl methyl sites for hydroxylation is 2. The van der Waals surface area contributed by atoms with Crippen molar-refractivity contribution in [3.05, 3.63) is 50.9 Å². The van der Waals surface area contributed by atoms with Gasteiger partial charge in [-0.05, 0) is 43.5 Å². The van der Waals surface area contributed by atoms with E-state index in [0.717, 1.165) is 38.1 Å². The molecule has 0 aliphatic heterocycles. The van der Waals surface area contributed by atoms with Crippen molar-refractivity contribution in [2.45, 2.75) is 25.3 Å². The van der Waals surface area contributed by atoms with E-state index in [4.69, 9.17) is 0 Å². The van der Waals surface area contributed by atoms with Gasteiger partial charge in [-0.1, -0.05) is 28.1 Å². The predicted molar refractivity (Wildman–Crippen MR) is 95.8 cm³/mol. The Balaban J connectivity index is 1.61. The fourth-order valence-corrected chi connectivity index (χ4v) is 4.26. The molecule has 4 rings (SSSR count). The van der Waals surface area contributed by atoms with Gasteiger partial charge < -0.3 is 5.32 Å². The van der Waals surface area contributed by atoms with Crippen LogP contribution in [-0.2, 0) is 12.6 Å². The Morgan fingerprint density at radius 3 is 2.65 bits per heavy atom. The van der Waals surface area contributed by atoms with Gasteiger partial charge in [-0.2, -0.15) is 5.10 Å². The van der Waals surface area contributed by atoms with E-state index < -0.39 is 0 Å². The number of carbonyl (C=O) groups excluding carboxylic acids is 1. The highest BCUT2D eigenvalue weighted by atomic mass is 79.9. The van der Waals surface area contributed by atoms with Crippen molar-refractivity contribution in [1.82, 2.24) is 15.1 Å². The van der Waals surface area contributed by atoms with Crippen molar-refractivity contribution in [2.24, 2.45) is 7.05 Å². The molecule has 1 N–H and O–H groups in total. The van der Waals surface area contributed by atoms with Crippen molar-refractivity contribution in [1.29, 1.82) is 0 Å². The van der Waals surface area contributed by atoms with Crippen LogP contribution in [0.1, 0.15) is 33.8 Å². The van der Waals surface area contributed by atoms with Crippen LogP contribution >= 0.6 is 27.3 Å². The van der Waals surface area contributed by atoms with Crippen LogP contribution in [0.5, 0.6) is 0 Å². The summed E-state index contributed by atoms with van der Waals surface area (Å²) in [6.45, 7) is 1.97. The molecule has 118 valence electrons. The highest BCUT2D eigenvalue weighted by Crippen LogP contribution is 2.46. The van der Waals surface area contributed by atoms with E-state index in [9.17, 15) is 4.79 Å². The van der Waals surface area contributed by atoms with E-state index in [1.807, 2.05) is 36.9 Å². The Morgan fingerprint density at radius 2 is 2.04 bits per heavy atom. The number of nitrogens with zero attached hydrogens (tertiary/aromatic N) is 2. The van der Waals surface area contributed by atoms with Crippen molar-refractivity contribution in [3.63, 3.8) is 0 Å². The van der Waals surface area contributed by atoms with Crippen LogP contribution in [0.2, 0.25) is 0 Å². The number of aromatic nitrogens is 2. The third-order valence-electron chi connectivity index (χ3n) is 4.42. The number of thiophene rings is 1. The van der Waals surface area contributed by atoms with Crippen LogP contribution in [0.25, 0.3) is 10.2 Å². The zero-order chi connectivity index (χ0) is 16.2. The van der Waals surface area contributed by atoms with Gasteiger partial charge in [-0.3, -0.25) is 9.48 Å². The van der Waals surface area contributed by atoms with E-state index in [1.165, 1.54) is 16.9 Å². The van der Waals surface area contributed by atoms with Gasteiger partial charge in [0.25, 0.3) is 5.91 Å². The molecule has 2 heterocycles. The van der Waals surface area contributed by atoms with Gasteiger partial charge in [0.2, 0.25) is 0 Å². The Kier molecular flexibility index (Phi) is 3.35. The number of carbonyl (C=O) groups is 1. The molecule has 0 atom stereocenters. The molecule has 1 aliphatic rings. The lowest BCUT2D eigenvalue weighted by Crippen LogP contribution is -2.34. The molecule has 0 radical (unpaired) electrons. The molecule has 1 aromatic carbocycles. The summed E-state index contributed by atoms with van der Waals surface area (Å²) in [5, 5.41) is 8.69. The van der Waals surface area contributed by atoms with Crippen molar-refractivity contribution in [3.8, 4) is 0 Å². The maximum absolute atomic E-state index is 12.7. The summed E-state index contributed by atoms with van der Waals surface area (Å²) in [6.07, 6.45) is 1.98. The predicted octanol–water partition coefficient (Wildman–Crippen LogP) is 4.12. The number of rotatable bonds is 3. The normalized spacial score (nSPS) is 15.8. The lowest BCUT2D eigenvalue weighted by Gasteiger charge is -2.17. The van der Waals surface area contributed by atoms with E-state index in [0.29, 0.717) is 0 Å². The molecular formula is C17H16BrN3OS. The summed E-state index contributed by atoms with van der Waals surface area (Å²) >= 11 is 4.95. The summed E-state index contributed by atoms with van der Waals surface area (Å²) < 4.78 is 2.89. The maximum atomic E-state index is 12.7. The molecule has 3 aromatic rings. The largest absolute Gasteiger partial charge is 0.342 e. The number of hydrogen-bond acceptors (Lipinski definition) is 3. The van der Waals surface area contributed by atoms with Gasteiger partial charge in [0, 0.05) is 16.9 Å². The number of halogens is 1. The van der Waals surface area contributed by atoms with E-state index >= 15 is 0 Å². The average Bonchev–Trinajstić information content (AvgIpc) is 3.06. The van der Waals surface area contributed by atoms with Crippen molar-refractivity contribution in [2.75, 3.05) is 0 Å². The maximum Gasteiger partial charge on any atom is 0.262 e. The minimum absolute atomic E-state index is 0.00557. The standard InChI is InChI=1S/C17H16BrN3OS/c1-10-13-9-14(23-16(13)21(2)20-10)15(22)19-17(7-8-17)11-3-5-12(18)6-4-11/h3-6,9H,7-8H2,1-2H3,(H,19,22). The lowest BCUT2D eigenvalue weighted by molar-refractivity contribution is 0.0935. The second-order valence-electron chi connectivity index (χ2n) is 6.08. The lowest BCUT2D eigenvalue weighted by atomic mass is 10.1. The molecule has 23 heavy (non-hydrogen) atoms. The summed E-state index contributed by atoms with van der Waals surface area (Å²) in [6, 6.07) is 10.2. The Hall–Kier alpha value is -1.66. The fraction of sp³-hybridized carbons (Fsp3) is 0.294. The van der Waals surface area contributed by atoms with Gasteiger partial charge in [-0.15, -0.1) is 11.3 Å². The zero-order valence-electron chi connectivity index (χ0n) is 12.9. The quantitative estimate of drug-likeness (QED) is 0.731. The molecular weight excluding hydrogens is 374 g/mol. The summed E-state index contributed by atoms with van der Waals surface area (Å²) in [4.78, 5) is 14.5. The monoisotopic (exact) mass is 389 g/mol. The van der Waals surface area contributed by atoms with Gasteiger partial charge >= 0.3 is 0 Å². The smallest absolute Gasteiger partial charge is 0.262 e. The van der Waals surface area contributed by atoms with E-state index in [-0.39, 0.29) is 11.4 Å². The highest BCUT2D eigenvalue weighted by Gasteiger charge is 2.45. The number of fused-ring (bicyclic) bond motifs is 1. The molecule has 0 spiro atoms. The first-order valence-corrected chi connectivity index (χ1v) is 9.11. The van der Waals surface area contributed by atoms with Crippen molar-refractivity contribution >= 4 is 43.4 Å². The molecule has 0 bridgehead atoms. The molecule has 1 amide bonds. The summed E-state index contributed by atoms with van der Waals surface area (Å²) in [5.41, 5.74) is 1.95. The SMILES string of the molecule is Cc1nn(C)c2sc(C(=O)NC3(c4ccc(Br)cc4)CC3)cc12. The van der Waals surface area contributed by atoms with Crippen molar-refractivity contribution < 1.29 is 4.79 Å². The number of hydrogen-bond donors (Lipinski definition) is 1. The third kappa shape index (κ3) is 2.50. The third-order valence-corrected chi connectivity index (χ3v) is 6.15. The van der Waals surface area contributed by atoms with Crippen LogP contribution in [-0.4, -0.2) is 15.7 Å². The topological polar surface area (TPSA) is 46.9 Å². The number of nitrogens with one attached hydrogen (secondary N) is 1. The number of benzene rings is 1. The Labute approximate surface area is 146 Å². The zero-order valence-corrected chi connectivity index (χ0v) is 15.3. The second-order valence-corrected chi connectivity index (χ2v) is 8.03. The van der Waals surface area contributed by atoms with Gasteiger partial charge in [0.1, 0.15) is 4.83 Å². The molecule has 1 fully saturated rings. The molecule has 0 unspecified atom stereocenters. The average molecular weight is 390 g/mol. The first-order valence-electron chi connectivity index (χ1n) is 7.50. The summed E-state index contributed by atoms with van der Waals surface area (Å²) in [5.74, 6) is 0.00557. The fourth-order valence-electron chi connectivity index (χ4n) is 2.98. The Morgan fingerprint density at radius 1 is 1.35 bits per heavy atom. The molecule has 6 heteroatoms. The van der Waals surface area contributed by atoms with Gasteiger partial charge in [0.05, 0.1) is 16.1 Å². The van der Waals surface area contributed by atoms with Gasteiger partial charge in [-0.25, -0.2) is 0 Å². The molecule has 2 aromatic heterocycles. The second kappa shape index (κ2) is 5.18. The van der Waals surface area contributed by atoms with Crippen LogP contribution in [0.15, 0.2) is 34.8 Å². The highest BCUT2D eigenvalue weighted by molar-refractivity contribution is 9.10. The molecule has 0 saturated heterocycles. The number of amides is 1. The Bertz CT molecular complexity index is 871. The van der Waals surface area contributed by atoms with Crippen LogP contribution in [0.4, 0.5) is 0 Å². The van der Waals surface area contributed by atoms with E-state index in [2.05, 4.69) is 38.5 Å². The van der Waals surface area contributed by atoms with E-state index in [1.54, 1.807) is 0 Å². The van der Waals surface area contributed by atoms with Crippen LogP contribution in [0.3, 0.4) is 0 Å². The summed E-state index contributed by atoms with van der Waals surface area (Å²) in [7, 11) is 1.91. The minimum atomic E-state index is -0.193. The first-order chi connectivity index (χ1) is 11.0. The molecule has 1 aliphatic carbocycles. The van der Waals surface area contributed by atoms with Crippen LogP contribution < -0.4 is 5.32 Å². The first kappa shape index (κ1) is 14.9. The minimum Gasteiger partial charge on any atom is -0.342 e. The van der Waals surface area contributed by atoms with Crippen LogP contribution in [0, 0.1) is 6.92 Å². The van der Waals surface area contributed by atoms with Gasteiger partial charge in [0.15, 0.2) is 0 Å². The molecule has 4 nitrogen and oxygen atoms in total.